The molecule has 0 saturated carbocycles. The van der Waals surface area contributed by atoms with Gasteiger partial charge in [0.15, 0.2) is 0 Å². The number of likely N-dealkylation sites (tertiary alicyclic amines) is 1. The fraction of sp³-hybridized carbons (Fsp3) is 0.462. The molecule has 1 atom stereocenters. The monoisotopic (exact) mass is 281 g/mol. The second-order valence-corrected chi connectivity index (χ2v) is 5.54. The lowest BCUT2D eigenvalue weighted by molar-refractivity contribution is -0.127. The van der Waals surface area contributed by atoms with Crippen molar-refractivity contribution in [3.63, 3.8) is 0 Å². The normalized spacial score (nSPS) is 20.6. The highest BCUT2D eigenvalue weighted by Gasteiger charge is 2.28. The summed E-state index contributed by atoms with van der Waals surface area (Å²) >= 11 is 3.39. The van der Waals surface area contributed by atoms with Gasteiger partial charge in [-0.2, -0.15) is 0 Å². The SMILES string of the molecule is Cc1ccc(CN2CCC(Br)C2=O)cc1C. The minimum atomic E-state index is 0.0269. The Kier molecular flexibility index (Phi) is 3.33. The molecule has 86 valence electrons. The molecule has 1 aliphatic rings. The van der Waals surface area contributed by atoms with Crippen LogP contribution in [0.1, 0.15) is 23.1 Å². The number of carbonyl (C=O) groups excluding carboxylic acids is 1. The smallest absolute Gasteiger partial charge is 0.236 e. The molecule has 1 saturated heterocycles. The Morgan fingerprint density at radius 3 is 2.69 bits per heavy atom. The van der Waals surface area contributed by atoms with E-state index in [2.05, 4.69) is 48.0 Å². The molecule has 0 spiro atoms. The lowest BCUT2D eigenvalue weighted by Crippen LogP contribution is -2.26. The van der Waals surface area contributed by atoms with Gasteiger partial charge in [-0.15, -0.1) is 0 Å². The van der Waals surface area contributed by atoms with Crippen molar-refractivity contribution in [3.8, 4) is 0 Å². The summed E-state index contributed by atoms with van der Waals surface area (Å²) in [4.78, 5) is 13.7. The Bertz CT molecular complexity index is 416. The molecule has 2 rings (SSSR count). The van der Waals surface area contributed by atoms with E-state index in [0.29, 0.717) is 0 Å². The van der Waals surface area contributed by atoms with E-state index >= 15 is 0 Å². The maximum absolute atomic E-state index is 11.7. The number of halogens is 1. The number of alkyl halides is 1. The van der Waals surface area contributed by atoms with Gasteiger partial charge in [0.2, 0.25) is 5.91 Å². The van der Waals surface area contributed by atoms with Crippen molar-refractivity contribution in [2.45, 2.75) is 31.6 Å². The Labute approximate surface area is 105 Å². The van der Waals surface area contributed by atoms with Crippen molar-refractivity contribution >= 4 is 21.8 Å². The lowest BCUT2D eigenvalue weighted by Gasteiger charge is -2.16. The van der Waals surface area contributed by atoms with Crippen LogP contribution >= 0.6 is 15.9 Å². The van der Waals surface area contributed by atoms with Gasteiger partial charge in [0.05, 0.1) is 4.83 Å². The highest BCUT2D eigenvalue weighted by Crippen LogP contribution is 2.21. The number of rotatable bonds is 2. The van der Waals surface area contributed by atoms with Crippen molar-refractivity contribution < 1.29 is 4.79 Å². The van der Waals surface area contributed by atoms with E-state index in [1.165, 1.54) is 16.7 Å². The Morgan fingerprint density at radius 2 is 2.12 bits per heavy atom. The third-order valence-electron chi connectivity index (χ3n) is 3.18. The highest BCUT2D eigenvalue weighted by molar-refractivity contribution is 9.10. The number of amides is 1. The third kappa shape index (κ3) is 2.29. The van der Waals surface area contributed by atoms with E-state index in [1.54, 1.807) is 0 Å². The average Bonchev–Trinajstić information content (AvgIpc) is 2.55. The molecule has 0 aliphatic carbocycles. The van der Waals surface area contributed by atoms with E-state index in [0.717, 1.165) is 19.5 Å². The number of hydrogen-bond donors (Lipinski definition) is 0. The van der Waals surface area contributed by atoms with E-state index in [1.807, 2.05) is 4.90 Å². The lowest BCUT2D eigenvalue weighted by atomic mass is 10.1. The fourth-order valence-corrected chi connectivity index (χ4v) is 2.47. The summed E-state index contributed by atoms with van der Waals surface area (Å²) in [5.74, 6) is 0.221. The maximum Gasteiger partial charge on any atom is 0.236 e. The average molecular weight is 282 g/mol. The first kappa shape index (κ1) is 11.6. The number of nitrogens with zero attached hydrogens (tertiary/aromatic N) is 1. The number of carbonyl (C=O) groups is 1. The summed E-state index contributed by atoms with van der Waals surface area (Å²) in [5, 5.41) is 0. The first-order valence-corrected chi connectivity index (χ1v) is 6.48. The molecule has 0 radical (unpaired) electrons. The number of aryl methyl sites for hydroxylation is 2. The summed E-state index contributed by atoms with van der Waals surface area (Å²) in [6, 6.07) is 6.40. The second kappa shape index (κ2) is 4.58. The minimum absolute atomic E-state index is 0.0269. The molecule has 2 nitrogen and oxygen atoms in total. The van der Waals surface area contributed by atoms with Crippen LogP contribution in [0.3, 0.4) is 0 Å². The zero-order valence-corrected chi connectivity index (χ0v) is 11.3. The molecule has 1 aromatic carbocycles. The number of benzene rings is 1. The zero-order valence-electron chi connectivity index (χ0n) is 9.66. The Hall–Kier alpha value is -0.830. The summed E-state index contributed by atoms with van der Waals surface area (Å²) in [6.45, 7) is 5.82. The third-order valence-corrected chi connectivity index (χ3v) is 4.03. The van der Waals surface area contributed by atoms with Gasteiger partial charge in [-0.05, 0) is 37.0 Å². The molecule has 0 bridgehead atoms. The summed E-state index contributed by atoms with van der Waals surface area (Å²) in [6.07, 6.45) is 0.920. The topological polar surface area (TPSA) is 20.3 Å². The molecule has 1 aromatic rings. The first-order chi connectivity index (χ1) is 7.58. The maximum atomic E-state index is 11.7. The van der Waals surface area contributed by atoms with Gasteiger partial charge in [0.25, 0.3) is 0 Å². The van der Waals surface area contributed by atoms with Gasteiger partial charge in [-0.25, -0.2) is 0 Å². The van der Waals surface area contributed by atoms with Crippen LogP contribution in [-0.4, -0.2) is 22.2 Å². The molecule has 1 unspecified atom stereocenters. The van der Waals surface area contributed by atoms with Gasteiger partial charge >= 0.3 is 0 Å². The van der Waals surface area contributed by atoms with Crippen molar-refractivity contribution in [3.05, 3.63) is 34.9 Å². The molecule has 3 heteroatoms. The van der Waals surface area contributed by atoms with E-state index < -0.39 is 0 Å². The molecule has 0 aromatic heterocycles. The molecular weight excluding hydrogens is 266 g/mol. The Balaban J connectivity index is 2.10. The van der Waals surface area contributed by atoms with E-state index in [9.17, 15) is 4.79 Å². The zero-order chi connectivity index (χ0) is 11.7. The van der Waals surface area contributed by atoms with Crippen molar-refractivity contribution in [2.75, 3.05) is 6.54 Å². The predicted octanol–water partition coefficient (Wildman–Crippen LogP) is 2.80. The molecule has 1 heterocycles. The standard InChI is InChI=1S/C13H16BrNO/c1-9-3-4-11(7-10(9)2)8-15-6-5-12(14)13(15)16/h3-4,7,12H,5-6,8H2,1-2H3. The van der Waals surface area contributed by atoms with Crippen LogP contribution in [0.2, 0.25) is 0 Å². The predicted molar refractivity (Wildman–Crippen MR) is 68.7 cm³/mol. The molecule has 16 heavy (non-hydrogen) atoms. The molecular formula is C13H16BrNO. The van der Waals surface area contributed by atoms with Crippen LogP contribution in [0.25, 0.3) is 0 Å². The molecule has 0 N–H and O–H groups in total. The van der Waals surface area contributed by atoms with Gasteiger partial charge in [0.1, 0.15) is 0 Å². The summed E-state index contributed by atoms with van der Waals surface area (Å²) in [5.41, 5.74) is 3.81. The van der Waals surface area contributed by atoms with Crippen molar-refractivity contribution in [1.82, 2.24) is 4.90 Å². The van der Waals surface area contributed by atoms with Crippen LogP contribution in [0, 0.1) is 13.8 Å². The minimum Gasteiger partial charge on any atom is -0.337 e. The van der Waals surface area contributed by atoms with E-state index in [4.69, 9.17) is 0 Å². The summed E-state index contributed by atoms with van der Waals surface area (Å²) < 4.78 is 0. The largest absolute Gasteiger partial charge is 0.337 e. The summed E-state index contributed by atoms with van der Waals surface area (Å²) in [7, 11) is 0. The van der Waals surface area contributed by atoms with Crippen LogP contribution in [0.4, 0.5) is 0 Å². The molecule has 1 aliphatic heterocycles. The van der Waals surface area contributed by atoms with Gasteiger partial charge < -0.3 is 4.90 Å². The van der Waals surface area contributed by atoms with E-state index in [-0.39, 0.29) is 10.7 Å². The van der Waals surface area contributed by atoms with Crippen molar-refractivity contribution in [2.24, 2.45) is 0 Å². The van der Waals surface area contributed by atoms with Gasteiger partial charge in [-0.1, -0.05) is 34.1 Å². The highest BCUT2D eigenvalue weighted by atomic mass is 79.9. The molecule has 1 fully saturated rings. The molecule has 1 amide bonds. The second-order valence-electron chi connectivity index (χ2n) is 4.43. The van der Waals surface area contributed by atoms with Crippen LogP contribution in [-0.2, 0) is 11.3 Å². The van der Waals surface area contributed by atoms with Crippen LogP contribution < -0.4 is 0 Å². The quantitative estimate of drug-likeness (QED) is 0.764. The van der Waals surface area contributed by atoms with Gasteiger partial charge in [-0.3, -0.25) is 4.79 Å². The fourth-order valence-electron chi connectivity index (χ4n) is 1.98. The Morgan fingerprint density at radius 1 is 1.38 bits per heavy atom. The van der Waals surface area contributed by atoms with Gasteiger partial charge in [0, 0.05) is 13.1 Å². The first-order valence-electron chi connectivity index (χ1n) is 5.57. The van der Waals surface area contributed by atoms with Crippen LogP contribution in [0.15, 0.2) is 18.2 Å². The van der Waals surface area contributed by atoms with Crippen LogP contribution in [0.5, 0.6) is 0 Å². The van der Waals surface area contributed by atoms with Crippen molar-refractivity contribution in [1.29, 1.82) is 0 Å². The number of hydrogen-bond acceptors (Lipinski definition) is 1.